The average molecular weight is 348 g/mol. The quantitative estimate of drug-likeness (QED) is 0.737. The summed E-state index contributed by atoms with van der Waals surface area (Å²) in [4.78, 5) is 31.3. The van der Waals surface area contributed by atoms with E-state index in [9.17, 15) is 4.79 Å². The van der Waals surface area contributed by atoms with Crippen molar-refractivity contribution in [2.45, 2.75) is 13.8 Å². The van der Waals surface area contributed by atoms with Gasteiger partial charge in [-0.3, -0.25) is 14.8 Å². The highest BCUT2D eigenvalue weighted by molar-refractivity contribution is 5.94. The summed E-state index contributed by atoms with van der Waals surface area (Å²) in [5.74, 6) is 1.13. The van der Waals surface area contributed by atoms with Crippen LogP contribution in [0.5, 0.6) is 0 Å². The van der Waals surface area contributed by atoms with Crippen LogP contribution < -0.4 is 5.32 Å². The number of aromatic nitrogens is 4. The number of anilines is 2. The van der Waals surface area contributed by atoms with Gasteiger partial charge in [0.2, 0.25) is 0 Å². The van der Waals surface area contributed by atoms with E-state index in [2.05, 4.69) is 25.3 Å². The van der Waals surface area contributed by atoms with E-state index in [1.165, 1.54) is 0 Å². The zero-order valence-electron chi connectivity index (χ0n) is 14.8. The number of carbonyl (C=O) groups excluding carboxylic acids is 1. The topological polar surface area (TPSA) is 83.9 Å². The Hall–Kier alpha value is -3.35. The van der Waals surface area contributed by atoms with E-state index in [4.69, 9.17) is 0 Å². The molecular formula is C19H20N6O. The van der Waals surface area contributed by atoms with E-state index >= 15 is 0 Å². The Morgan fingerprint density at radius 1 is 0.962 bits per heavy atom. The Balaban J connectivity index is 1.75. The van der Waals surface area contributed by atoms with E-state index in [1.807, 2.05) is 32.0 Å². The molecule has 132 valence electrons. The third kappa shape index (κ3) is 4.00. The van der Waals surface area contributed by atoms with Crippen LogP contribution in [0, 0.1) is 0 Å². The van der Waals surface area contributed by atoms with Gasteiger partial charge in [0.05, 0.1) is 23.7 Å². The highest BCUT2D eigenvalue weighted by atomic mass is 16.2. The molecule has 3 heterocycles. The summed E-state index contributed by atoms with van der Waals surface area (Å²) in [5, 5.41) is 3.10. The normalized spacial score (nSPS) is 10.4. The van der Waals surface area contributed by atoms with Crippen LogP contribution in [0.3, 0.4) is 0 Å². The number of rotatable bonds is 6. The van der Waals surface area contributed by atoms with Crippen molar-refractivity contribution in [1.29, 1.82) is 0 Å². The second-order valence-corrected chi connectivity index (χ2v) is 5.54. The monoisotopic (exact) mass is 348 g/mol. The fourth-order valence-electron chi connectivity index (χ4n) is 2.48. The van der Waals surface area contributed by atoms with Crippen LogP contribution in [0.25, 0.3) is 11.4 Å². The molecule has 0 aromatic carbocycles. The number of nitrogens with zero attached hydrogens (tertiary/aromatic N) is 5. The number of hydrogen-bond acceptors (Lipinski definition) is 6. The summed E-state index contributed by atoms with van der Waals surface area (Å²) in [6.07, 6.45) is 6.55. The molecule has 0 aliphatic carbocycles. The largest absolute Gasteiger partial charge is 0.339 e. The van der Waals surface area contributed by atoms with Crippen LogP contribution in [0.4, 0.5) is 11.6 Å². The van der Waals surface area contributed by atoms with E-state index < -0.39 is 0 Å². The van der Waals surface area contributed by atoms with Gasteiger partial charge in [-0.1, -0.05) is 6.07 Å². The molecule has 3 aromatic rings. The molecule has 1 N–H and O–H groups in total. The number of amides is 1. The zero-order valence-corrected chi connectivity index (χ0v) is 14.8. The molecule has 0 saturated heterocycles. The van der Waals surface area contributed by atoms with Crippen molar-refractivity contribution in [3.05, 3.63) is 60.7 Å². The van der Waals surface area contributed by atoms with Gasteiger partial charge >= 0.3 is 0 Å². The van der Waals surface area contributed by atoms with Crippen molar-refractivity contribution in [3.8, 4) is 11.4 Å². The maximum Gasteiger partial charge on any atom is 0.255 e. The molecule has 7 nitrogen and oxygen atoms in total. The van der Waals surface area contributed by atoms with Crippen LogP contribution in [-0.4, -0.2) is 43.8 Å². The van der Waals surface area contributed by atoms with E-state index in [-0.39, 0.29) is 5.91 Å². The fraction of sp³-hybridized carbons (Fsp3) is 0.211. The summed E-state index contributed by atoms with van der Waals surface area (Å²) in [7, 11) is 0. The molecule has 0 saturated carbocycles. The van der Waals surface area contributed by atoms with Gasteiger partial charge in [-0.2, -0.15) is 0 Å². The highest BCUT2D eigenvalue weighted by Crippen LogP contribution is 2.17. The molecule has 26 heavy (non-hydrogen) atoms. The Morgan fingerprint density at radius 2 is 1.81 bits per heavy atom. The van der Waals surface area contributed by atoms with Gasteiger partial charge in [-0.05, 0) is 38.1 Å². The summed E-state index contributed by atoms with van der Waals surface area (Å²) < 4.78 is 0. The number of nitrogens with one attached hydrogen (secondary N) is 1. The highest BCUT2D eigenvalue weighted by Gasteiger charge is 2.12. The predicted octanol–water partition coefficient (Wildman–Crippen LogP) is 3.16. The lowest BCUT2D eigenvalue weighted by atomic mass is 10.2. The molecule has 3 aromatic heterocycles. The third-order valence-corrected chi connectivity index (χ3v) is 3.88. The van der Waals surface area contributed by atoms with Crippen LogP contribution in [0.1, 0.15) is 24.2 Å². The average Bonchev–Trinajstić information content (AvgIpc) is 2.70. The Bertz CT molecular complexity index is 863. The Labute approximate surface area is 152 Å². The minimum Gasteiger partial charge on any atom is -0.339 e. The van der Waals surface area contributed by atoms with Crippen LogP contribution in [-0.2, 0) is 0 Å². The molecule has 7 heteroatoms. The molecule has 0 aliphatic rings. The number of hydrogen-bond donors (Lipinski definition) is 1. The second kappa shape index (κ2) is 8.15. The van der Waals surface area contributed by atoms with Gasteiger partial charge < -0.3 is 10.2 Å². The van der Waals surface area contributed by atoms with Crippen molar-refractivity contribution >= 4 is 17.5 Å². The van der Waals surface area contributed by atoms with Crippen LogP contribution in [0.15, 0.2) is 55.1 Å². The summed E-state index contributed by atoms with van der Waals surface area (Å²) in [6.45, 7) is 5.26. The van der Waals surface area contributed by atoms with E-state index in [0.29, 0.717) is 36.0 Å². The van der Waals surface area contributed by atoms with Crippen molar-refractivity contribution in [2.75, 3.05) is 18.4 Å². The molecule has 0 atom stereocenters. The maximum absolute atomic E-state index is 12.3. The van der Waals surface area contributed by atoms with Crippen molar-refractivity contribution in [3.63, 3.8) is 0 Å². The number of pyridine rings is 2. The molecular weight excluding hydrogens is 328 g/mol. The molecule has 0 fully saturated rings. The van der Waals surface area contributed by atoms with Gasteiger partial charge in [0, 0.05) is 25.5 Å². The van der Waals surface area contributed by atoms with Crippen molar-refractivity contribution in [2.24, 2.45) is 0 Å². The first-order chi connectivity index (χ1) is 12.7. The molecule has 0 unspecified atom stereocenters. The first kappa shape index (κ1) is 17.5. The lowest BCUT2D eigenvalue weighted by Crippen LogP contribution is -2.30. The minimum absolute atomic E-state index is 0.0222. The zero-order chi connectivity index (χ0) is 18.4. The Kier molecular flexibility index (Phi) is 5.48. The SMILES string of the molecule is CCN(CC)C(=O)c1ccc(Nc2cncc(-c3ccccn3)n2)nc1. The van der Waals surface area contributed by atoms with Gasteiger partial charge in [0.1, 0.15) is 11.5 Å². The lowest BCUT2D eigenvalue weighted by molar-refractivity contribution is 0.0772. The predicted molar refractivity (Wildman–Crippen MR) is 100 cm³/mol. The lowest BCUT2D eigenvalue weighted by Gasteiger charge is -2.18. The van der Waals surface area contributed by atoms with E-state index in [1.54, 1.807) is 41.8 Å². The van der Waals surface area contributed by atoms with Crippen molar-refractivity contribution < 1.29 is 4.79 Å². The molecule has 0 bridgehead atoms. The molecule has 0 spiro atoms. The minimum atomic E-state index is -0.0222. The van der Waals surface area contributed by atoms with Gasteiger partial charge in [-0.15, -0.1) is 0 Å². The molecule has 1 amide bonds. The first-order valence-electron chi connectivity index (χ1n) is 8.47. The molecule has 3 rings (SSSR count). The first-order valence-corrected chi connectivity index (χ1v) is 8.47. The van der Waals surface area contributed by atoms with Gasteiger partial charge in [0.15, 0.2) is 5.82 Å². The fourth-order valence-corrected chi connectivity index (χ4v) is 2.48. The standard InChI is InChI=1S/C19H20N6O/c1-3-25(4-2)19(26)14-8-9-17(22-11-14)24-18-13-20-12-16(23-18)15-7-5-6-10-21-15/h5-13H,3-4H2,1-2H3,(H,22,23,24). The van der Waals surface area contributed by atoms with Crippen molar-refractivity contribution in [1.82, 2.24) is 24.8 Å². The maximum atomic E-state index is 12.3. The summed E-state index contributed by atoms with van der Waals surface area (Å²) in [5.41, 5.74) is 1.98. The summed E-state index contributed by atoms with van der Waals surface area (Å²) >= 11 is 0. The third-order valence-electron chi connectivity index (χ3n) is 3.88. The van der Waals surface area contributed by atoms with Gasteiger partial charge in [-0.25, -0.2) is 9.97 Å². The second-order valence-electron chi connectivity index (χ2n) is 5.54. The van der Waals surface area contributed by atoms with Crippen LogP contribution in [0.2, 0.25) is 0 Å². The molecule has 0 radical (unpaired) electrons. The molecule has 0 aliphatic heterocycles. The van der Waals surface area contributed by atoms with E-state index in [0.717, 1.165) is 5.69 Å². The Morgan fingerprint density at radius 3 is 2.46 bits per heavy atom. The van der Waals surface area contributed by atoms with Gasteiger partial charge in [0.25, 0.3) is 5.91 Å². The smallest absolute Gasteiger partial charge is 0.255 e. The summed E-state index contributed by atoms with van der Waals surface area (Å²) in [6, 6.07) is 9.14. The number of carbonyl (C=O) groups is 1. The van der Waals surface area contributed by atoms with Crippen LogP contribution >= 0.6 is 0 Å².